The molecule has 0 atom stereocenters. The lowest BCUT2D eigenvalue weighted by atomic mass is 9.99. The van der Waals surface area contributed by atoms with E-state index in [1.807, 2.05) is 0 Å². The molecule has 0 aromatic carbocycles. The Bertz CT molecular complexity index is 283. The zero-order valence-electron chi connectivity index (χ0n) is 11.2. The van der Waals surface area contributed by atoms with Gasteiger partial charge in [-0.15, -0.1) is 0 Å². The summed E-state index contributed by atoms with van der Waals surface area (Å²) in [7, 11) is 0. The van der Waals surface area contributed by atoms with Crippen molar-refractivity contribution in [3.8, 4) is 0 Å². The number of hydrogen-bond donors (Lipinski definition) is 0. The summed E-state index contributed by atoms with van der Waals surface area (Å²) in [5, 5.41) is 0. The number of ketones is 2. The Morgan fingerprint density at radius 1 is 0.765 bits per heavy atom. The van der Waals surface area contributed by atoms with Gasteiger partial charge in [0.05, 0.1) is 6.42 Å². The van der Waals surface area contributed by atoms with E-state index in [0.717, 1.165) is 62.5 Å². The van der Waals surface area contributed by atoms with Crippen molar-refractivity contribution in [2.75, 3.05) is 0 Å². The summed E-state index contributed by atoms with van der Waals surface area (Å²) in [5.41, 5.74) is 1.72. The summed E-state index contributed by atoms with van der Waals surface area (Å²) < 4.78 is 0. The summed E-state index contributed by atoms with van der Waals surface area (Å²) in [6, 6.07) is 0. The maximum atomic E-state index is 11.7. The first-order valence-corrected chi connectivity index (χ1v) is 6.99. The molecule has 0 heterocycles. The normalized spacial score (nSPS) is 16.1. The molecule has 0 N–H and O–H groups in total. The lowest BCUT2D eigenvalue weighted by Crippen LogP contribution is -1.97. The van der Waals surface area contributed by atoms with Gasteiger partial charge >= 0.3 is 0 Å². The van der Waals surface area contributed by atoms with Crippen LogP contribution in [0.4, 0.5) is 0 Å². The van der Waals surface area contributed by atoms with E-state index in [0.29, 0.717) is 0 Å². The van der Waals surface area contributed by atoms with Crippen LogP contribution >= 0.6 is 0 Å². The highest BCUT2D eigenvalue weighted by Crippen LogP contribution is 2.28. The molecule has 2 heteroatoms. The van der Waals surface area contributed by atoms with Crippen molar-refractivity contribution in [3.05, 3.63) is 11.1 Å². The van der Waals surface area contributed by atoms with Crippen molar-refractivity contribution < 1.29 is 9.59 Å². The van der Waals surface area contributed by atoms with Gasteiger partial charge in [0.2, 0.25) is 0 Å². The van der Waals surface area contributed by atoms with Crippen LogP contribution in [0.25, 0.3) is 0 Å². The first kappa shape index (κ1) is 14.1. The molecule has 0 saturated heterocycles. The third-order valence-electron chi connectivity index (χ3n) is 3.42. The molecule has 0 aromatic rings. The van der Waals surface area contributed by atoms with Gasteiger partial charge in [-0.05, 0) is 25.7 Å². The summed E-state index contributed by atoms with van der Waals surface area (Å²) in [6.07, 6.45) is 8.47. The number of rotatable bonds is 8. The number of carbonyl (C=O) groups is 2. The fraction of sp³-hybridized carbons (Fsp3) is 0.733. The zero-order valence-corrected chi connectivity index (χ0v) is 11.2. The molecule has 0 bridgehead atoms. The fourth-order valence-corrected chi connectivity index (χ4v) is 2.38. The van der Waals surface area contributed by atoms with Gasteiger partial charge in [-0.25, -0.2) is 0 Å². The average molecular weight is 236 g/mol. The maximum absolute atomic E-state index is 11.7. The van der Waals surface area contributed by atoms with Gasteiger partial charge in [-0.2, -0.15) is 0 Å². The first-order valence-electron chi connectivity index (χ1n) is 6.99. The third kappa shape index (κ3) is 4.10. The number of allylic oxidation sites excluding steroid dienone is 2. The van der Waals surface area contributed by atoms with E-state index in [1.165, 1.54) is 0 Å². The number of hydrogen-bond acceptors (Lipinski definition) is 2. The molecule has 17 heavy (non-hydrogen) atoms. The van der Waals surface area contributed by atoms with Crippen molar-refractivity contribution in [2.24, 2.45) is 0 Å². The van der Waals surface area contributed by atoms with E-state index in [1.54, 1.807) is 0 Å². The molecule has 0 aromatic heterocycles. The molecule has 1 aliphatic carbocycles. The van der Waals surface area contributed by atoms with E-state index in [4.69, 9.17) is 0 Å². The molecule has 1 aliphatic rings. The predicted octanol–water partition coefficient (Wildman–Crippen LogP) is 3.99. The predicted molar refractivity (Wildman–Crippen MR) is 69.9 cm³/mol. The Labute approximate surface area is 104 Å². The highest BCUT2D eigenvalue weighted by atomic mass is 16.2. The van der Waals surface area contributed by atoms with Crippen LogP contribution in [0.1, 0.15) is 71.6 Å². The van der Waals surface area contributed by atoms with Crippen LogP contribution in [-0.2, 0) is 9.59 Å². The number of carbonyl (C=O) groups excluding carboxylic acids is 2. The van der Waals surface area contributed by atoms with Crippen molar-refractivity contribution >= 4 is 11.6 Å². The van der Waals surface area contributed by atoms with Gasteiger partial charge in [0.15, 0.2) is 11.6 Å². The number of Topliss-reactive ketones (excluding diaryl/α,β-unsaturated/α-hetero) is 2. The van der Waals surface area contributed by atoms with Crippen LogP contribution in [0, 0.1) is 0 Å². The monoisotopic (exact) mass is 236 g/mol. The molecule has 0 fully saturated rings. The average Bonchev–Trinajstić information content (AvgIpc) is 2.56. The fourth-order valence-electron chi connectivity index (χ4n) is 2.38. The second-order valence-corrected chi connectivity index (χ2v) is 4.89. The van der Waals surface area contributed by atoms with Gasteiger partial charge in [0.1, 0.15) is 0 Å². The minimum Gasteiger partial charge on any atom is -0.294 e. The zero-order chi connectivity index (χ0) is 12.7. The Kier molecular flexibility index (Phi) is 6.17. The third-order valence-corrected chi connectivity index (χ3v) is 3.42. The van der Waals surface area contributed by atoms with Crippen molar-refractivity contribution in [1.29, 1.82) is 0 Å². The van der Waals surface area contributed by atoms with Gasteiger partial charge in [0.25, 0.3) is 0 Å². The topological polar surface area (TPSA) is 34.1 Å². The summed E-state index contributed by atoms with van der Waals surface area (Å²) in [4.78, 5) is 23.5. The van der Waals surface area contributed by atoms with E-state index in [2.05, 4.69) is 13.8 Å². The molecule has 0 aliphatic heterocycles. The van der Waals surface area contributed by atoms with Crippen molar-refractivity contribution in [2.45, 2.75) is 71.6 Å². The van der Waals surface area contributed by atoms with Crippen molar-refractivity contribution in [3.63, 3.8) is 0 Å². The standard InChI is InChI=1S/C15H24O2/c1-3-5-7-9-12-13(10-8-6-4-2)15(17)11-14(12)16/h3-11H2,1-2H3. The summed E-state index contributed by atoms with van der Waals surface area (Å²) >= 11 is 0. The Balaban J connectivity index is 2.60. The van der Waals surface area contributed by atoms with Crippen LogP contribution in [0.2, 0.25) is 0 Å². The van der Waals surface area contributed by atoms with Gasteiger partial charge in [0, 0.05) is 11.1 Å². The van der Waals surface area contributed by atoms with Crippen LogP contribution in [0.15, 0.2) is 11.1 Å². The maximum Gasteiger partial charge on any atom is 0.166 e. The van der Waals surface area contributed by atoms with Gasteiger partial charge in [-0.3, -0.25) is 9.59 Å². The first-order chi connectivity index (χ1) is 8.20. The highest BCUT2D eigenvalue weighted by molar-refractivity contribution is 6.22. The summed E-state index contributed by atoms with van der Waals surface area (Å²) in [5.74, 6) is 0.190. The second-order valence-electron chi connectivity index (χ2n) is 4.89. The molecule has 2 nitrogen and oxygen atoms in total. The quantitative estimate of drug-likeness (QED) is 0.472. The Hall–Kier alpha value is -0.920. The number of unbranched alkanes of at least 4 members (excludes halogenated alkanes) is 4. The largest absolute Gasteiger partial charge is 0.294 e. The van der Waals surface area contributed by atoms with E-state index >= 15 is 0 Å². The van der Waals surface area contributed by atoms with Gasteiger partial charge in [-0.1, -0.05) is 39.5 Å². The Morgan fingerprint density at radius 3 is 1.53 bits per heavy atom. The minimum absolute atomic E-state index is 0.0950. The molecule has 1 rings (SSSR count). The van der Waals surface area contributed by atoms with E-state index < -0.39 is 0 Å². The van der Waals surface area contributed by atoms with Crippen LogP contribution in [0.3, 0.4) is 0 Å². The van der Waals surface area contributed by atoms with Crippen LogP contribution in [0.5, 0.6) is 0 Å². The Morgan fingerprint density at radius 2 is 1.18 bits per heavy atom. The molecule has 96 valence electrons. The van der Waals surface area contributed by atoms with Crippen LogP contribution in [-0.4, -0.2) is 11.6 Å². The smallest absolute Gasteiger partial charge is 0.166 e. The molecule has 0 spiro atoms. The lowest BCUT2D eigenvalue weighted by molar-refractivity contribution is -0.121. The van der Waals surface area contributed by atoms with Crippen LogP contribution < -0.4 is 0 Å². The van der Waals surface area contributed by atoms with Crippen molar-refractivity contribution in [1.82, 2.24) is 0 Å². The SMILES string of the molecule is CCCCCC1=C(CCCCC)C(=O)CC1=O. The lowest BCUT2D eigenvalue weighted by Gasteiger charge is -2.05. The van der Waals surface area contributed by atoms with E-state index in [-0.39, 0.29) is 18.0 Å². The molecular weight excluding hydrogens is 212 g/mol. The summed E-state index contributed by atoms with van der Waals surface area (Å²) in [6.45, 7) is 4.30. The molecular formula is C15H24O2. The molecule has 0 radical (unpaired) electrons. The molecule has 0 amide bonds. The highest BCUT2D eigenvalue weighted by Gasteiger charge is 2.28. The molecule has 0 unspecified atom stereocenters. The molecule has 0 saturated carbocycles. The van der Waals surface area contributed by atoms with Gasteiger partial charge < -0.3 is 0 Å². The minimum atomic E-state index is 0.0950. The second kappa shape index (κ2) is 7.41. The van der Waals surface area contributed by atoms with E-state index in [9.17, 15) is 9.59 Å².